The zero-order valence-electron chi connectivity index (χ0n) is 17.8. The number of hydrogen-bond acceptors (Lipinski definition) is 8. The molecule has 0 unspecified atom stereocenters. The van der Waals surface area contributed by atoms with Crippen LogP contribution in [-0.4, -0.2) is 68.9 Å². The molecule has 0 saturated carbocycles. The van der Waals surface area contributed by atoms with Crippen molar-refractivity contribution in [3.63, 3.8) is 0 Å². The van der Waals surface area contributed by atoms with Crippen molar-refractivity contribution >= 4 is 29.0 Å². The predicted molar refractivity (Wildman–Crippen MR) is 123 cm³/mol. The quantitative estimate of drug-likeness (QED) is 0.325. The maximum absolute atomic E-state index is 12.2. The number of amides is 1. The Bertz CT molecular complexity index is 1220. The minimum atomic E-state index is -0.0956. The molecule has 4 rings (SSSR count). The Morgan fingerprint density at radius 2 is 1.97 bits per heavy atom. The van der Waals surface area contributed by atoms with Gasteiger partial charge in [0, 0.05) is 24.8 Å². The van der Waals surface area contributed by atoms with Gasteiger partial charge < -0.3 is 10.2 Å². The molecule has 0 spiro atoms. The minimum absolute atomic E-state index is 0.0956. The number of carbonyl (C=O) groups is 1. The number of anilines is 1. The second-order valence-electron chi connectivity index (χ2n) is 7.26. The Hall–Kier alpha value is -4.18. The molecule has 10 nitrogen and oxygen atoms in total. The smallest absolute Gasteiger partial charge is 0.251 e. The molecular formula is C22H23N9O. The van der Waals surface area contributed by atoms with Crippen molar-refractivity contribution in [2.75, 3.05) is 32.6 Å². The third-order valence-corrected chi connectivity index (χ3v) is 4.63. The van der Waals surface area contributed by atoms with Gasteiger partial charge in [0.05, 0.1) is 17.8 Å². The van der Waals surface area contributed by atoms with E-state index < -0.39 is 0 Å². The summed E-state index contributed by atoms with van der Waals surface area (Å²) in [4.78, 5) is 27.1. The third kappa shape index (κ3) is 4.93. The Morgan fingerprint density at radius 1 is 1.12 bits per heavy atom. The monoisotopic (exact) mass is 429 g/mol. The number of rotatable bonds is 8. The SMILES string of the molecule is CN(C)CCNC(=O)c1ccc(C=NNc2ncnc3c2cnn3-c2ccccn2)cc1. The molecule has 0 aliphatic carbocycles. The van der Waals surface area contributed by atoms with Crippen LogP contribution in [0.15, 0.2) is 66.3 Å². The first-order valence-corrected chi connectivity index (χ1v) is 10.0. The highest BCUT2D eigenvalue weighted by Crippen LogP contribution is 2.20. The van der Waals surface area contributed by atoms with Gasteiger partial charge in [-0.15, -0.1) is 0 Å². The van der Waals surface area contributed by atoms with Crippen molar-refractivity contribution in [3.8, 4) is 5.82 Å². The van der Waals surface area contributed by atoms with Gasteiger partial charge in [0.2, 0.25) is 0 Å². The van der Waals surface area contributed by atoms with Gasteiger partial charge >= 0.3 is 0 Å². The summed E-state index contributed by atoms with van der Waals surface area (Å²) >= 11 is 0. The number of hydrazone groups is 1. The zero-order chi connectivity index (χ0) is 22.3. The molecule has 3 heterocycles. The van der Waals surface area contributed by atoms with Crippen LogP contribution < -0.4 is 10.7 Å². The Kier molecular flexibility index (Phi) is 6.42. The van der Waals surface area contributed by atoms with E-state index in [1.165, 1.54) is 6.33 Å². The molecule has 3 aromatic heterocycles. The fraction of sp³-hybridized carbons (Fsp3) is 0.182. The number of carbonyl (C=O) groups excluding carboxylic acids is 1. The average molecular weight is 429 g/mol. The fourth-order valence-corrected chi connectivity index (χ4v) is 2.96. The molecule has 1 aromatic carbocycles. The third-order valence-electron chi connectivity index (χ3n) is 4.63. The molecule has 0 radical (unpaired) electrons. The van der Waals surface area contributed by atoms with Crippen molar-refractivity contribution in [3.05, 3.63) is 72.3 Å². The summed E-state index contributed by atoms with van der Waals surface area (Å²) in [6.45, 7) is 1.39. The van der Waals surface area contributed by atoms with E-state index in [1.54, 1.807) is 35.4 Å². The van der Waals surface area contributed by atoms with Crippen LogP contribution in [0.25, 0.3) is 16.9 Å². The van der Waals surface area contributed by atoms with E-state index in [1.807, 2.05) is 49.3 Å². The summed E-state index contributed by atoms with van der Waals surface area (Å²) in [7, 11) is 3.93. The fourth-order valence-electron chi connectivity index (χ4n) is 2.96. The first-order valence-electron chi connectivity index (χ1n) is 10.0. The molecule has 1 amide bonds. The van der Waals surface area contributed by atoms with Gasteiger partial charge in [-0.1, -0.05) is 18.2 Å². The number of nitrogens with one attached hydrogen (secondary N) is 2. The largest absolute Gasteiger partial charge is 0.351 e. The molecule has 2 N–H and O–H groups in total. The number of likely N-dealkylation sites (N-methyl/N-ethyl adjacent to an activating group) is 1. The van der Waals surface area contributed by atoms with Gasteiger partial charge in [-0.2, -0.15) is 14.9 Å². The molecular weight excluding hydrogens is 406 g/mol. The van der Waals surface area contributed by atoms with Gasteiger partial charge in [-0.05, 0) is 43.9 Å². The van der Waals surface area contributed by atoms with Gasteiger partial charge in [0.25, 0.3) is 5.91 Å². The first-order chi connectivity index (χ1) is 15.6. The number of fused-ring (bicyclic) bond motifs is 1. The summed E-state index contributed by atoms with van der Waals surface area (Å²) in [5.74, 6) is 1.11. The van der Waals surface area contributed by atoms with Crippen LogP contribution in [0.1, 0.15) is 15.9 Å². The lowest BCUT2D eigenvalue weighted by molar-refractivity contribution is 0.0951. The van der Waals surface area contributed by atoms with Crippen molar-refractivity contribution in [1.82, 2.24) is 34.9 Å². The maximum atomic E-state index is 12.2. The summed E-state index contributed by atoms with van der Waals surface area (Å²) in [6, 6.07) is 12.8. The Labute approximate surface area is 185 Å². The summed E-state index contributed by atoms with van der Waals surface area (Å²) in [5.41, 5.74) is 5.01. The molecule has 0 aliphatic rings. The van der Waals surface area contributed by atoms with Crippen LogP contribution in [0.5, 0.6) is 0 Å². The number of hydrogen-bond donors (Lipinski definition) is 2. The van der Waals surface area contributed by atoms with E-state index in [-0.39, 0.29) is 5.91 Å². The molecule has 0 atom stereocenters. The van der Waals surface area contributed by atoms with Gasteiger partial charge in [-0.25, -0.2) is 15.0 Å². The van der Waals surface area contributed by atoms with Crippen LogP contribution in [0.3, 0.4) is 0 Å². The first kappa shape index (κ1) is 21.1. The van der Waals surface area contributed by atoms with Gasteiger partial charge in [0.1, 0.15) is 6.33 Å². The van der Waals surface area contributed by atoms with Gasteiger partial charge in [0.15, 0.2) is 17.3 Å². The van der Waals surface area contributed by atoms with E-state index in [2.05, 4.69) is 35.9 Å². The molecule has 162 valence electrons. The van der Waals surface area contributed by atoms with Crippen molar-refractivity contribution < 1.29 is 4.79 Å². The molecule has 0 fully saturated rings. The highest BCUT2D eigenvalue weighted by molar-refractivity contribution is 5.95. The Balaban J connectivity index is 1.42. The van der Waals surface area contributed by atoms with Crippen LogP contribution in [-0.2, 0) is 0 Å². The lowest BCUT2D eigenvalue weighted by atomic mass is 10.1. The minimum Gasteiger partial charge on any atom is -0.351 e. The molecule has 4 aromatic rings. The lowest BCUT2D eigenvalue weighted by Gasteiger charge is -2.10. The summed E-state index contributed by atoms with van der Waals surface area (Å²) in [6.07, 6.45) is 6.48. The average Bonchev–Trinajstić information content (AvgIpc) is 3.25. The number of pyridine rings is 1. The zero-order valence-corrected chi connectivity index (χ0v) is 17.8. The second-order valence-corrected chi connectivity index (χ2v) is 7.26. The van der Waals surface area contributed by atoms with E-state index in [9.17, 15) is 4.79 Å². The van der Waals surface area contributed by atoms with Crippen LogP contribution in [0, 0.1) is 0 Å². The van der Waals surface area contributed by atoms with E-state index in [0.29, 0.717) is 29.4 Å². The van der Waals surface area contributed by atoms with Gasteiger partial charge in [-0.3, -0.25) is 10.2 Å². The summed E-state index contributed by atoms with van der Waals surface area (Å²) < 4.78 is 1.65. The van der Waals surface area contributed by atoms with Crippen LogP contribution in [0.4, 0.5) is 5.82 Å². The lowest BCUT2D eigenvalue weighted by Crippen LogP contribution is -2.31. The van der Waals surface area contributed by atoms with Crippen LogP contribution in [0.2, 0.25) is 0 Å². The molecule has 10 heteroatoms. The summed E-state index contributed by atoms with van der Waals surface area (Å²) in [5, 5.41) is 12.2. The standard InChI is InChI=1S/C22H23N9O/c1-30(2)12-11-24-22(32)17-8-6-16(7-9-17)13-27-29-20-18-14-28-31(21(18)26-15-25-20)19-5-3-4-10-23-19/h3-10,13-15H,11-12H2,1-2H3,(H,24,32)(H,25,26,29). The number of benzene rings is 1. The van der Waals surface area contributed by atoms with Crippen molar-refractivity contribution in [1.29, 1.82) is 0 Å². The predicted octanol–water partition coefficient (Wildman–Crippen LogP) is 1.95. The normalized spacial score (nSPS) is 11.3. The number of nitrogens with zero attached hydrogens (tertiary/aromatic N) is 7. The van der Waals surface area contributed by atoms with E-state index in [4.69, 9.17) is 0 Å². The van der Waals surface area contributed by atoms with E-state index in [0.717, 1.165) is 17.5 Å². The topological polar surface area (TPSA) is 113 Å². The molecule has 0 aliphatic heterocycles. The highest BCUT2D eigenvalue weighted by Gasteiger charge is 2.11. The van der Waals surface area contributed by atoms with Crippen LogP contribution >= 0.6 is 0 Å². The highest BCUT2D eigenvalue weighted by atomic mass is 16.1. The maximum Gasteiger partial charge on any atom is 0.251 e. The number of aromatic nitrogens is 5. The molecule has 0 bridgehead atoms. The Morgan fingerprint density at radius 3 is 2.72 bits per heavy atom. The molecule has 32 heavy (non-hydrogen) atoms. The van der Waals surface area contributed by atoms with E-state index >= 15 is 0 Å². The van der Waals surface area contributed by atoms with Crippen molar-refractivity contribution in [2.45, 2.75) is 0 Å². The van der Waals surface area contributed by atoms with Crippen molar-refractivity contribution in [2.24, 2.45) is 5.10 Å². The second kappa shape index (κ2) is 9.75. The molecule has 0 saturated heterocycles.